The molecular weight excluding hydrogens is 216 g/mol. The van der Waals surface area contributed by atoms with Gasteiger partial charge in [-0.3, -0.25) is 0 Å². The first-order chi connectivity index (χ1) is 8.25. The van der Waals surface area contributed by atoms with Crippen LogP contribution in [0.3, 0.4) is 0 Å². The van der Waals surface area contributed by atoms with Gasteiger partial charge >= 0.3 is 5.97 Å². The fourth-order valence-electron chi connectivity index (χ4n) is 2.90. The quantitative estimate of drug-likeness (QED) is 0.868. The van der Waals surface area contributed by atoms with Crippen molar-refractivity contribution in [3.63, 3.8) is 0 Å². The third kappa shape index (κ3) is 2.07. The summed E-state index contributed by atoms with van der Waals surface area (Å²) in [5.74, 6) is 0.547. The van der Waals surface area contributed by atoms with E-state index in [1.165, 1.54) is 12.8 Å². The molecule has 2 aliphatic rings. The molecule has 0 radical (unpaired) electrons. The minimum atomic E-state index is -0.889. The van der Waals surface area contributed by atoms with Gasteiger partial charge < -0.3 is 9.84 Å². The van der Waals surface area contributed by atoms with E-state index >= 15 is 0 Å². The zero-order chi connectivity index (χ0) is 11.8. The molecule has 1 N–H and O–H groups in total. The SMILES string of the molecule is O=C(O)C(OC1CCC2CC21)c1ccccc1. The Morgan fingerprint density at radius 2 is 2.06 bits per heavy atom. The lowest BCUT2D eigenvalue weighted by Crippen LogP contribution is -2.22. The van der Waals surface area contributed by atoms with Crippen LogP contribution >= 0.6 is 0 Å². The molecule has 17 heavy (non-hydrogen) atoms. The predicted octanol–water partition coefficient (Wildman–Crippen LogP) is 2.63. The summed E-state index contributed by atoms with van der Waals surface area (Å²) < 4.78 is 5.81. The van der Waals surface area contributed by atoms with E-state index in [1.807, 2.05) is 30.3 Å². The summed E-state index contributed by atoms with van der Waals surface area (Å²) in [7, 11) is 0. The summed E-state index contributed by atoms with van der Waals surface area (Å²) in [6.45, 7) is 0. The first kappa shape index (κ1) is 10.8. The third-order valence-electron chi connectivity index (χ3n) is 3.91. The number of hydrogen-bond acceptors (Lipinski definition) is 2. The van der Waals surface area contributed by atoms with Crippen molar-refractivity contribution in [2.75, 3.05) is 0 Å². The van der Waals surface area contributed by atoms with Gasteiger partial charge in [0.2, 0.25) is 0 Å². The maximum Gasteiger partial charge on any atom is 0.337 e. The summed E-state index contributed by atoms with van der Waals surface area (Å²) in [4.78, 5) is 11.3. The van der Waals surface area contributed by atoms with E-state index in [9.17, 15) is 9.90 Å². The Morgan fingerprint density at radius 1 is 1.29 bits per heavy atom. The Balaban J connectivity index is 1.74. The predicted molar refractivity (Wildman–Crippen MR) is 62.5 cm³/mol. The van der Waals surface area contributed by atoms with Gasteiger partial charge in [0.05, 0.1) is 6.10 Å². The van der Waals surface area contributed by atoms with Crippen LogP contribution in [0, 0.1) is 11.8 Å². The molecule has 4 unspecified atom stereocenters. The van der Waals surface area contributed by atoms with Crippen LogP contribution in [-0.4, -0.2) is 17.2 Å². The second kappa shape index (κ2) is 4.15. The largest absolute Gasteiger partial charge is 0.479 e. The summed E-state index contributed by atoms with van der Waals surface area (Å²) >= 11 is 0. The minimum absolute atomic E-state index is 0.154. The van der Waals surface area contributed by atoms with Crippen molar-refractivity contribution >= 4 is 5.97 Å². The van der Waals surface area contributed by atoms with Crippen molar-refractivity contribution in [1.29, 1.82) is 0 Å². The molecule has 3 rings (SSSR count). The average Bonchev–Trinajstić information content (AvgIpc) is 3.02. The fourth-order valence-corrected chi connectivity index (χ4v) is 2.90. The van der Waals surface area contributed by atoms with Gasteiger partial charge in [-0.05, 0) is 36.7 Å². The normalized spacial score (nSPS) is 31.9. The Morgan fingerprint density at radius 3 is 2.59 bits per heavy atom. The highest BCUT2D eigenvalue weighted by Gasteiger charge is 2.49. The fraction of sp³-hybridized carbons (Fsp3) is 0.500. The maximum atomic E-state index is 11.3. The lowest BCUT2D eigenvalue weighted by molar-refractivity contribution is -0.155. The molecule has 0 saturated heterocycles. The molecular formula is C14H16O3. The van der Waals surface area contributed by atoms with E-state index in [0.29, 0.717) is 5.92 Å². The summed E-state index contributed by atoms with van der Waals surface area (Å²) in [5.41, 5.74) is 0.740. The molecule has 2 aliphatic carbocycles. The van der Waals surface area contributed by atoms with Crippen LogP contribution in [-0.2, 0) is 9.53 Å². The van der Waals surface area contributed by atoms with Gasteiger partial charge in [0.25, 0.3) is 0 Å². The second-order valence-electron chi connectivity index (χ2n) is 5.04. The number of carbonyl (C=O) groups is 1. The smallest absolute Gasteiger partial charge is 0.337 e. The van der Waals surface area contributed by atoms with Crippen LogP contribution in [0.2, 0.25) is 0 Å². The highest BCUT2D eigenvalue weighted by atomic mass is 16.5. The van der Waals surface area contributed by atoms with E-state index in [2.05, 4.69) is 0 Å². The summed E-state index contributed by atoms with van der Waals surface area (Å²) in [5, 5.41) is 9.26. The zero-order valence-corrected chi connectivity index (χ0v) is 9.58. The van der Waals surface area contributed by atoms with Gasteiger partial charge in [0.1, 0.15) is 0 Å². The summed E-state index contributed by atoms with van der Waals surface area (Å²) in [6, 6.07) is 9.22. The molecule has 3 heteroatoms. The lowest BCUT2D eigenvalue weighted by atomic mass is 10.1. The van der Waals surface area contributed by atoms with Crippen LogP contribution in [0.4, 0.5) is 0 Å². The number of carboxylic acid groups (broad SMARTS) is 1. The van der Waals surface area contributed by atoms with Crippen molar-refractivity contribution in [3.05, 3.63) is 35.9 Å². The van der Waals surface area contributed by atoms with E-state index in [4.69, 9.17) is 4.74 Å². The lowest BCUT2D eigenvalue weighted by Gasteiger charge is -2.20. The van der Waals surface area contributed by atoms with E-state index < -0.39 is 12.1 Å². The van der Waals surface area contributed by atoms with Crippen molar-refractivity contribution in [1.82, 2.24) is 0 Å². The average molecular weight is 232 g/mol. The number of benzene rings is 1. The minimum Gasteiger partial charge on any atom is -0.479 e. The van der Waals surface area contributed by atoms with Gasteiger partial charge in [0, 0.05) is 0 Å². The number of fused-ring (bicyclic) bond motifs is 1. The molecule has 2 saturated carbocycles. The van der Waals surface area contributed by atoms with E-state index in [-0.39, 0.29) is 6.10 Å². The van der Waals surface area contributed by atoms with Gasteiger partial charge in [-0.2, -0.15) is 0 Å². The molecule has 0 heterocycles. The zero-order valence-electron chi connectivity index (χ0n) is 9.58. The van der Waals surface area contributed by atoms with Gasteiger partial charge in [-0.1, -0.05) is 30.3 Å². The Bertz CT molecular complexity index is 415. The molecule has 1 aromatic rings. The number of hydrogen-bond donors (Lipinski definition) is 1. The standard InChI is InChI=1S/C14H16O3/c15-14(16)13(9-4-2-1-3-5-9)17-12-7-6-10-8-11(10)12/h1-5,10-13H,6-8H2,(H,15,16). The third-order valence-corrected chi connectivity index (χ3v) is 3.91. The molecule has 3 nitrogen and oxygen atoms in total. The first-order valence-electron chi connectivity index (χ1n) is 6.19. The molecule has 0 bridgehead atoms. The molecule has 4 atom stereocenters. The Labute approximate surface area is 100 Å². The molecule has 90 valence electrons. The first-order valence-corrected chi connectivity index (χ1v) is 6.19. The molecule has 2 fully saturated rings. The van der Waals surface area contributed by atoms with Crippen LogP contribution in [0.1, 0.15) is 30.9 Å². The number of aliphatic carboxylic acids is 1. The maximum absolute atomic E-state index is 11.3. The van der Waals surface area contributed by atoms with Gasteiger partial charge in [-0.25, -0.2) is 4.79 Å². The van der Waals surface area contributed by atoms with Crippen molar-refractivity contribution < 1.29 is 14.6 Å². The van der Waals surface area contributed by atoms with Crippen molar-refractivity contribution in [2.24, 2.45) is 11.8 Å². The van der Waals surface area contributed by atoms with Crippen LogP contribution in [0.5, 0.6) is 0 Å². The topological polar surface area (TPSA) is 46.5 Å². The monoisotopic (exact) mass is 232 g/mol. The van der Waals surface area contributed by atoms with E-state index in [0.717, 1.165) is 17.9 Å². The molecule has 0 amide bonds. The van der Waals surface area contributed by atoms with Gasteiger partial charge in [0.15, 0.2) is 6.10 Å². The summed E-state index contributed by atoms with van der Waals surface area (Å²) in [6.07, 6.45) is 2.80. The second-order valence-corrected chi connectivity index (χ2v) is 5.04. The molecule has 0 aromatic heterocycles. The van der Waals surface area contributed by atoms with Crippen LogP contribution in [0.15, 0.2) is 30.3 Å². The van der Waals surface area contributed by atoms with Gasteiger partial charge in [-0.15, -0.1) is 0 Å². The van der Waals surface area contributed by atoms with Crippen LogP contribution in [0.25, 0.3) is 0 Å². The molecule has 1 aromatic carbocycles. The van der Waals surface area contributed by atoms with Crippen LogP contribution < -0.4 is 0 Å². The Hall–Kier alpha value is -1.35. The number of carboxylic acids is 1. The molecule has 0 spiro atoms. The van der Waals surface area contributed by atoms with Crippen molar-refractivity contribution in [2.45, 2.75) is 31.5 Å². The highest BCUT2D eigenvalue weighted by Crippen LogP contribution is 2.53. The number of ether oxygens (including phenoxy) is 1. The Kier molecular flexibility index (Phi) is 2.63. The molecule has 0 aliphatic heterocycles. The number of rotatable bonds is 4. The van der Waals surface area contributed by atoms with Crippen molar-refractivity contribution in [3.8, 4) is 0 Å². The highest BCUT2D eigenvalue weighted by molar-refractivity contribution is 5.74. The van der Waals surface area contributed by atoms with E-state index in [1.54, 1.807) is 0 Å².